The molecule has 0 aromatic carbocycles. The highest BCUT2D eigenvalue weighted by Crippen LogP contribution is 2.18. The molecule has 0 saturated carbocycles. The molecule has 1 aliphatic rings. The van der Waals surface area contributed by atoms with Crippen molar-refractivity contribution in [3.8, 4) is 0 Å². The molecule has 0 aromatic rings. The number of rotatable bonds is 9. The van der Waals surface area contributed by atoms with Crippen LogP contribution in [0.2, 0.25) is 0 Å². The predicted octanol–water partition coefficient (Wildman–Crippen LogP) is 4.26. The number of ether oxygens (including phenoxy) is 1. The average molecular weight is 230 g/mol. The maximum absolute atomic E-state index is 5.61. The van der Waals surface area contributed by atoms with E-state index in [-0.39, 0.29) is 0 Å². The lowest BCUT2D eigenvalue weighted by Gasteiger charge is -2.08. The van der Waals surface area contributed by atoms with Crippen molar-refractivity contribution in [1.82, 2.24) is 0 Å². The van der Waals surface area contributed by atoms with Crippen LogP contribution >= 0.6 is 11.8 Å². The molecule has 1 heterocycles. The molecule has 15 heavy (non-hydrogen) atoms. The molecule has 0 amide bonds. The van der Waals surface area contributed by atoms with Gasteiger partial charge in [0, 0.05) is 6.61 Å². The minimum atomic E-state index is 0.611. The van der Waals surface area contributed by atoms with Crippen LogP contribution in [-0.2, 0) is 4.74 Å². The third-order valence-electron chi connectivity index (χ3n) is 2.94. The monoisotopic (exact) mass is 230 g/mol. The first-order chi connectivity index (χ1) is 7.43. The molecule has 2 heteroatoms. The first-order valence-electron chi connectivity index (χ1n) is 6.63. The van der Waals surface area contributed by atoms with Crippen LogP contribution in [-0.4, -0.2) is 24.2 Å². The van der Waals surface area contributed by atoms with E-state index >= 15 is 0 Å². The van der Waals surface area contributed by atoms with Gasteiger partial charge in [0.05, 0.1) is 6.10 Å². The SMILES string of the molecule is CCCSCCCCCCC1CCCO1. The summed E-state index contributed by atoms with van der Waals surface area (Å²) >= 11 is 2.11. The molecular weight excluding hydrogens is 204 g/mol. The van der Waals surface area contributed by atoms with Crippen molar-refractivity contribution in [2.75, 3.05) is 18.1 Å². The quantitative estimate of drug-likeness (QED) is 0.547. The van der Waals surface area contributed by atoms with Crippen molar-refractivity contribution in [2.24, 2.45) is 0 Å². The van der Waals surface area contributed by atoms with Crippen molar-refractivity contribution in [3.05, 3.63) is 0 Å². The normalized spacial score (nSPS) is 21.0. The third kappa shape index (κ3) is 7.24. The molecule has 90 valence electrons. The number of unbranched alkanes of at least 4 members (excludes halogenated alkanes) is 3. The summed E-state index contributed by atoms with van der Waals surface area (Å²) in [5.41, 5.74) is 0. The molecule has 0 radical (unpaired) electrons. The van der Waals surface area contributed by atoms with Crippen molar-refractivity contribution in [1.29, 1.82) is 0 Å². The standard InChI is InChI=1S/C13H26OS/c1-2-11-15-12-6-4-3-5-8-13-9-7-10-14-13/h13H,2-12H2,1H3. The van der Waals surface area contributed by atoms with Gasteiger partial charge in [0.2, 0.25) is 0 Å². The molecular formula is C13H26OS. The molecule has 1 fully saturated rings. The van der Waals surface area contributed by atoms with Crippen LogP contribution < -0.4 is 0 Å². The van der Waals surface area contributed by atoms with Crippen molar-refractivity contribution in [2.45, 2.75) is 64.4 Å². The fourth-order valence-corrected chi connectivity index (χ4v) is 2.95. The smallest absolute Gasteiger partial charge is 0.0576 e. The second-order valence-corrected chi connectivity index (χ2v) is 5.68. The largest absolute Gasteiger partial charge is 0.378 e. The van der Waals surface area contributed by atoms with Gasteiger partial charge in [0.25, 0.3) is 0 Å². The second-order valence-electron chi connectivity index (χ2n) is 4.45. The summed E-state index contributed by atoms with van der Waals surface area (Å²) in [7, 11) is 0. The van der Waals surface area contributed by atoms with E-state index in [1.165, 1.54) is 62.9 Å². The summed E-state index contributed by atoms with van der Waals surface area (Å²) in [5, 5.41) is 0. The van der Waals surface area contributed by atoms with Gasteiger partial charge < -0.3 is 4.74 Å². The van der Waals surface area contributed by atoms with Crippen molar-refractivity contribution >= 4 is 11.8 Å². The van der Waals surface area contributed by atoms with Gasteiger partial charge in [0.1, 0.15) is 0 Å². The first kappa shape index (κ1) is 13.4. The van der Waals surface area contributed by atoms with Crippen LogP contribution in [0.1, 0.15) is 58.3 Å². The Morgan fingerprint density at radius 1 is 1.13 bits per heavy atom. The van der Waals surface area contributed by atoms with Crippen LogP contribution in [0.5, 0.6) is 0 Å². The average Bonchev–Trinajstić information content (AvgIpc) is 2.75. The lowest BCUT2D eigenvalue weighted by molar-refractivity contribution is 0.102. The van der Waals surface area contributed by atoms with E-state index in [0.29, 0.717) is 6.10 Å². The summed E-state index contributed by atoms with van der Waals surface area (Å²) in [5.74, 6) is 2.71. The summed E-state index contributed by atoms with van der Waals surface area (Å²) < 4.78 is 5.61. The zero-order chi connectivity index (χ0) is 10.8. The molecule has 0 N–H and O–H groups in total. The molecule has 1 saturated heterocycles. The van der Waals surface area contributed by atoms with Gasteiger partial charge in [0.15, 0.2) is 0 Å². The van der Waals surface area contributed by atoms with Gasteiger partial charge in [-0.1, -0.05) is 26.2 Å². The Morgan fingerprint density at radius 2 is 2.00 bits per heavy atom. The van der Waals surface area contributed by atoms with E-state index in [0.717, 1.165) is 6.61 Å². The minimum absolute atomic E-state index is 0.611. The van der Waals surface area contributed by atoms with Gasteiger partial charge in [-0.25, -0.2) is 0 Å². The zero-order valence-corrected chi connectivity index (χ0v) is 11.0. The first-order valence-corrected chi connectivity index (χ1v) is 7.78. The van der Waals surface area contributed by atoms with Crippen LogP contribution in [0, 0.1) is 0 Å². The highest BCUT2D eigenvalue weighted by atomic mass is 32.2. The van der Waals surface area contributed by atoms with Crippen LogP contribution in [0.4, 0.5) is 0 Å². The fraction of sp³-hybridized carbons (Fsp3) is 1.00. The second kappa shape index (κ2) is 9.53. The Morgan fingerprint density at radius 3 is 2.73 bits per heavy atom. The van der Waals surface area contributed by atoms with Gasteiger partial charge >= 0.3 is 0 Å². The molecule has 1 unspecified atom stereocenters. The van der Waals surface area contributed by atoms with Crippen molar-refractivity contribution < 1.29 is 4.74 Å². The zero-order valence-electron chi connectivity index (χ0n) is 10.2. The maximum Gasteiger partial charge on any atom is 0.0576 e. The van der Waals surface area contributed by atoms with E-state index in [1.807, 2.05) is 0 Å². The van der Waals surface area contributed by atoms with E-state index in [4.69, 9.17) is 4.74 Å². The maximum atomic E-state index is 5.61. The summed E-state index contributed by atoms with van der Waals surface area (Å²) in [6.45, 7) is 3.27. The Labute approximate surface area is 99.3 Å². The molecule has 0 bridgehead atoms. The molecule has 1 nitrogen and oxygen atoms in total. The lowest BCUT2D eigenvalue weighted by atomic mass is 10.1. The minimum Gasteiger partial charge on any atom is -0.378 e. The molecule has 1 rings (SSSR count). The van der Waals surface area contributed by atoms with Crippen LogP contribution in [0.3, 0.4) is 0 Å². The van der Waals surface area contributed by atoms with Crippen LogP contribution in [0.15, 0.2) is 0 Å². The Hall–Kier alpha value is 0.310. The lowest BCUT2D eigenvalue weighted by Crippen LogP contribution is -2.03. The number of hydrogen-bond donors (Lipinski definition) is 0. The highest BCUT2D eigenvalue weighted by molar-refractivity contribution is 7.99. The predicted molar refractivity (Wildman–Crippen MR) is 69.7 cm³/mol. The number of thioether (sulfide) groups is 1. The molecule has 1 atom stereocenters. The molecule has 0 spiro atoms. The van der Waals surface area contributed by atoms with E-state index in [9.17, 15) is 0 Å². The summed E-state index contributed by atoms with van der Waals surface area (Å²) in [6, 6.07) is 0. The van der Waals surface area contributed by atoms with Gasteiger partial charge in [-0.2, -0.15) is 11.8 Å². The van der Waals surface area contributed by atoms with Gasteiger partial charge in [-0.3, -0.25) is 0 Å². The Bertz CT molecular complexity index is 132. The number of hydrogen-bond acceptors (Lipinski definition) is 2. The van der Waals surface area contributed by atoms with Gasteiger partial charge in [-0.15, -0.1) is 0 Å². The fourth-order valence-electron chi connectivity index (χ4n) is 2.05. The highest BCUT2D eigenvalue weighted by Gasteiger charge is 2.13. The van der Waals surface area contributed by atoms with Gasteiger partial charge in [-0.05, 0) is 43.6 Å². The van der Waals surface area contributed by atoms with E-state index in [1.54, 1.807) is 0 Å². The Kier molecular flexibility index (Phi) is 8.50. The topological polar surface area (TPSA) is 9.23 Å². The molecule has 1 aliphatic heterocycles. The third-order valence-corrected chi connectivity index (χ3v) is 4.21. The summed E-state index contributed by atoms with van der Waals surface area (Å²) in [4.78, 5) is 0. The molecule has 0 aliphatic carbocycles. The molecule has 0 aromatic heterocycles. The van der Waals surface area contributed by atoms with E-state index < -0.39 is 0 Å². The summed E-state index contributed by atoms with van der Waals surface area (Å²) in [6.07, 6.45) is 11.5. The van der Waals surface area contributed by atoms with Crippen molar-refractivity contribution in [3.63, 3.8) is 0 Å². The van der Waals surface area contributed by atoms with E-state index in [2.05, 4.69) is 18.7 Å². The van der Waals surface area contributed by atoms with Crippen LogP contribution in [0.25, 0.3) is 0 Å². The Balaban J connectivity index is 1.73.